The lowest BCUT2D eigenvalue weighted by molar-refractivity contribution is -0.140. The summed E-state index contributed by atoms with van der Waals surface area (Å²) in [6.07, 6.45) is 3.75. The molecule has 1 amide bonds. The summed E-state index contributed by atoms with van der Waals surface area (Å²) in [6.45, 7) is 11.5. The molecule has 1 fully saturated rings. The van der Waals surface area contributed by atoms with Crippen molar-refractivity contribution in [2.24, 2.45) is 5.41 Å². The molecule has 1 atom stereocenters. The molecule has 25 heavy (non-hydrogen) atoms. The molecule has 0 saturated carbocycles. The Morgan fingerprint density at radius 2 is 2.08 bits per heavy atom. The third-order valence-corrected chi connectivity index (χ3v) is 4.63. The second-order valence-corrected chi connectivity index (χ2v) is 7.66. The fourth-order valence-electron chi connectivity index (χ4n) is 3.44. The zero-order valence-electron chi connectivity index (χ0n) is 15.8. The normalized spacial score (nSPS) is 18.0. The van der Waals surface area contributed by atoms with Crippen LogP contribution in [0.4, 0.5) is 0 Å². The van der Waals surface area contributed by atoms with Crippen LogP contribution in [-0.2, 0) is 11.3 Å². The van der Waals surface area contributed by atoms with Gasteiger partial charge >= 0.3 is 0 Å². The third-order valence-electron chi connectivity index (χ3n) is 4.63. The smallest absolute Gasteiger partial charge is 0.228 e. The summed E-state index contributed by atoms with van der Waals surface area (Å²) in [6, 6.07) is 4.03. The maximum absolute atomic E-state index is 12.8. The summed E-state index contributed by atoms with van der Waals surface area (Å²) >= 11 is 0. The summed E-state index contributed by atoms with van der Waals surface area (Å²) < 4.78 is 1.93. The van der Waals surface area contributed by atoms with Crippen LogP contribution in [0.15, 0.2) is 18.3 Å². The molecule has 1 aliphatic heterocycles. The second-order valence-electron chi connectivity index (χ2n) is 7.66. The van der Waals surface area contributed by atoms with E-state index in [-0.39, 0.29) is 17.4 Å². The van der Waals surface area contributed by atoms with E-state index < -0.39 is 0 Å². The van der Waals surface area contributed by atoms with Crippen LogP contribution in [0, 0.1) is 12.3 Å². The molecule has 2 aromatic heterocycles. The molecule has 1 saturated heterocycles. The zero-order valence-corrected chi connectivity index (χ0v) is 15.8. The fourth-order valence-corrected chi connectivity index (χ4v) is 3.44. The maximum atomic E-state index is 12.8. The Labute approximate surface area is 149 Å². The van der Waals surface area contributed by atoms with Gasteiger partial charge in [0.25, 0.3) is 0 Å². The van der Waals surface area contributed by atoms with Crippen molar-refractivity contribution in [3.8, 4) is 11.4 Å². The molecular weight excluding hydrogens is 314 g/mol. The largest absolute Gasteiger partial charge is 0.334 e. The highest BCUT2D eigenvalue weighted by Gasteiger charge is 2.36. The molecular formula is C19H27N5O. The topological polar surface area (TPSA) is 63.9 Å². The van der Waals surface area contributed by atoms with E-state index in [1.165, 1.54) is 0 Å². The van der Waals surface area contributed by atoms with Crippen molar-refractivity contribution in [2.45, 2.75) is 60.0 Å². The summed E-state index contributed by atoms with van der Waals surface area (Å²) in [5.41, 5.74) is 2.41. The molecule has 6 nitrogen and oxygen atoms in total. The first-order chi connectivity index (χ1) is 11.8. The average Bonchev–Trinajstić information content (AvgIpc) is 3.21. The number of hydrogen-bond acceptors (Lipinski definition) is 4. The number of hydrogen-bond donors (Lipinski definition) is 0. The molecule has 1 aliphatic rings. The number of rotatable bonds is 3. The minimum atomic E-state index is -0.381. The summed E-state index contributed by atoms with van der Waals surface area (Å²) in [4.78, 5) is 24.1. The Hall–Kier alpha value is -2.24. The SMILES string of the molecule is CCn1nccc1-c1cc([C@H]2CCCN2C(=O)C(C)(C)C)nc(C)n1. The van der Waals surface area contributed by atoms with Gasteiger partial charge in [-0.05, 0) is 38.8 Å². The molecule has 134 valence electrons. The Bertz CT molecular complexity index is 774. The number of aryl methyl sites for hydroxylation is 2. The van der Waals surface area contributed by atoms with Crippen LogP contribution in [0.3, 0.4) is 0 Å². The number of likely N-dealkylation sites (tertiary alicyclic amines) is 1. The summed E-state index contributed by atoms with van der Waals surface area (Å²) in [5.74, 6) is 0.915. The van der Waals surface area contributed by atoms with E-state index in [1.54, 1.807) is 6.20 Å². The zero-order chi connectivity index (χ0) is 18.2. The van der Waals surface area contributed by atoms with Crippen molar-refractivity contribution >= 4 is 5.91 Å². The molecule has 0 radical (unpaired) electrons. The van der Waals surface area contributed by atoms with Crippen LogP contribution >= 0.6 is 0 Å². The highest BCUT2D eigenvalue weighted by molar-refractivity contribution is 5.82. The lowest BCUT2D eigenvalue weighted by atomic mass is 9.94. The Kier molecular flexibility index (Phi) is 4.62. The molecule has 0 spiro atoms. The minimum absolute atomic E-state index is 0.0326. The Morgan fingerprint density at radius 3 is 2.76 bits per heavy atom. The molecule has 2 aromatic rings. The van der Waals surface area contributed by atoms with Gasteiger partial charge in [0.15, 0.2) is 0 Å². The first kappa shape index (κ1) is 17.6. The number of amides is 1. The number of aromatic nitrogens is 4. The van der Waals surface area contributed by atoms with Crippen LogP contribution < -0.4 is 0 Å². The highest BCUT2D eigenvalue weighted by atomic mass is 16.2. The first-order valence-electron chi connectivity index (χ1n) is 9.00. The van der Waals surface area contributed by atoms with Gasteiger partial charge in [-0.3, -0.25) is 9.48 Å². The lowest BCUT2D eigenvalue weighted by Crippen LogP contribution is -2.39. The quantitative estimate of drug-likeness (QED) is 0.858. The van der Waals surface area contributed by atoms with Gasteiger partial charge in [-0.15, -0.1) is 0 Å². The van der Waals surface area contributed by atoms with Crippen LogP contribution in [0.5, 0.6) is 0 Å². The van der Waals surface area contributed by atoms with E-state index in [4.69, 9.17) is 0 Å². The van der Waals surface area contributed by atoms with Crippen LogP contribution in [0.2, 0.25) is 0 Å². The molecule has 0 unspecified atom stereocenters. The van der Waals surface area contributed by atoms with E-state index in [2.05, 4.69) is 22.0 Å². The van der Waals surface area contributed by atoms with Crippen LogP contribution in [0.25, 0.3) is 11.4 Å². The standard InChI is InChI=1S/C19H27N5O/c1-6-24-17(9-10-20-24)15-12-14(21-13(2)22-15)16-8-7-11-23(16)18(25)19(3,4)5/h9-10,12,16H,6-8,11H2,1-5H3/t16-/m1/s1. The monoisotopic (exact) mass is 341 g/mol. The molecule has 0 aromatic carbocycles. The molecule has 3 rings (SSSR count). The summed E-state index contributed by atoms with van der Waals surface area (Å²) in [7, 11) is 0. The number of carbonyl (C=O) groups excluding carboxylic acids is 1. The number of nitrogens with zero attached hydrogens (tertiary/aromatic N) is 5. The first-order valence-corrected chi connectivity index (χ1v) is 9.00. The minimum Gasteiger partial charge on any atom is -0.334 e. The predicted molar refractivity (Wildman–Crippen MR) is 96.8 cm³/mol. The second kappa shape index (κ2) is 6.58. The van der Waals surface area contributed by atoms with Crippen LogP contribution in [0.1, 0.15) is 58.1 Å². The van der Waals surface area contributed by atoms with Crippen molar-refractivity contribution in [3.05, 3.63) is 29.8 Å². The van der Waals surface area contributed by atoms with E-state index in [1.807, 2.05) is 49.4 Å². The Morgan fingerprint density at radius 1 is 1.32 bits per heavy atom. The van der Waals surface area contributed by atoms with E-state index >= 15 is 0 Å². The third kappa shape index (κ3) is 3.43. The van der Waals surface area contributed by atoms with E-state index in [0.29, 0.717) is 0 Å². The van der Waals surface area contributed by atoms with Crippen molar-refractivity contribution in [1.29, 1.82) is 0 Å². The molecule has 3 heterocycles. The van der Waals surface area contributed by atoms with Crippen molar-refractivity contribution in [2.75, 3.05) is 6.54 Å². The maximum Gasteiger partial charge on any atom is 0.228 e. The fraction of sp³-hybridized carbons (Fsp3) is 0.579. The van der Waals surface area contributed by atoms with Gasteiger partial charge in [0, 0.05) is 24.7 Å². The lowest BCUT2D eigenvalue weighted by Gasteiger charge is -2.30. The van der Waals surface area contributed by atoms with Crippen molar-refractivity contribution < 1.29 is 4.79 Å². The van der Waals surface area contributed by atoms with Crippen molar-refractivity contribution in [1.82, 2.24) is 24.6 Å². The molecule has 0 N–H and O–H groups in total. The van der Waals surface area contributed by atoms with Gasteiger partial charge < -0.3 is 4.90 Å². The Balaban J connectivity index is 1.99. The van der Waals surface area contributed by atoms with Crippen LogP contribution in [-0.4, -0.2) is 37.1 Å². The van der Waals surface area contributed by atoms with Gasteiger partial charge in [-0.25, -0.2) is 9.97 Å². The predicted octanol–water partition coefficient (Wildman–Crippen LogP) is 3.38. The highest BCUT2D eigenvalue weighted by Crippen LogP contribution is 2.35. The van der Waals surface area contributed by atoms with E-state index in [0.717, 1.165) is 48.8 Å². The molecule has 0 bridgehead atoms. The van der Waals surface area contributed by atoms with Gasteiger partial charge in [0.05, 0.1) is 23.1 Å². The van der Waals surface area contributed by atoms with Gasteiger partial charge in [0.1, 0.15) is 5.82 Å². The molecule has 0 aliphatic carbocycles. The van der Waals surface area contributed by atoms with Gasteiger partial charge in [-0.2, -0.15) is 5.10 Å². The van der Waals surface area contributed by atoms with Gasteiger partial charge in [0.2, 0.25) is 5.91 Å². The average molecular weight is 341 g/mol. The van der Waals surface area contributed by atoms with Crippen molar-refractivity contribution in [3.63, 3.8) is 0 Å². The summed E-state index contributed by atoms with van der Waals surface area (Å²) in [5, 5.41) is 4.34. The van der Waals surface area contributed by atoms with Gasteiger partial charge in [-0.1, -0.05) is 20.8 Å². The number of carbonyl (C=O) groups is 1. The van der Waals surface area contributed by atoms with E-state index in [9.17, 15) is 4.79 Å². The molecule has 6 heteroatoms.